The van der Waals surface area contributed by atoms with Crippen LogP contribution in [0.5, 0.6) is 11.5 Å². The van der Waals surface area contributed by atoms with E-state index in [1.165, 1.54) is 38.5 Å². The lowest BCUT2D eigenvalue weighted by Crippen LogP contribution is -2.13. The van der Waals surface area contributed by atoms with Gasteiger partial charge in [0.2, 0.25) is 5.82 Å². The van der Waals surface area contributed by atoms with Crippen LogP contribution in [0, 0.1) is 10.1 Å². The van der Waals surface area contributed by atoms with Gasteiger partial charge in [-0.25, -0.2) is 4.63 Å². The van der Waals surface area contributed by atoms with E-state index >= 15 is 0 Å². The monoisotopic (exact) mass is 370 g/mol. The summed E-state index contributed by atoms with van der Waals surface area (Å²) in [6.07, 6.45) is 0. The smallest absolute Gasteiger partial charge is 0.270 e. The number of nitro benzene ring substituents is 1. The molecule has 0 radical (unpaired) electrons. The van der Waals surface area contributed by atoms with Gasteiger partial charge in [0.1, 0.15) is 0 Å². The predicted molar refractivity (Wildman–Crippen MR) is 93.9 cm³/mol. The molecule has 1 aromatic heterocycles. The Morgan fingerprint density at radius 1 is 1.11 bits per heavy atom. The number of amides is 1. The third-order valence-corrected chi connectivity index (χ3v) is 3.70. The van der Waals surface area contributed by atoms with Gasteiger partial charge in [-0.05, 0) is 34.6 Å². The Kier molecular flexibility index (Phi) is 4.97. The van der Waals surface area contributed by atoms with E-state index in [0.29, 0.717) is 17.1 Å². The van der Waals surface area contributed by atoms with E-state index in [2.05, 4.69) is 15.6 Å². The highest BCUT2D eigenvalue weighted by Crippen LogP contribution is 2.34. The molecule has 0 saturated carbocycles. The molecule has 0 aliphatic rings. The van der Waals surface area contributed by atoms with Crippen LogP contribution >= 0.6 is 0 Å². The number of anilines is 1. The summed E-state index contributed by atoms with van der Waals surface area (Å²) in [7, 11) is 3.01. The van der Waals surface area contributed by atoms with Crippen molar-refractivity contribution < 1.29 is 23.8 Å². The lowest BCUT2D eigenvalue weighted by atomic mass is 10.1. The molecule has 0 fully saturated rings. The van der Waals surface area contributed by atoms with Gasteiger partial charge in [0, 0.05) is 23.3 Å². The standard InChI is InChI=1S/C17H14N4O6/c1-25-13-7-6-10(9-14(13)26-2)15-16(20-27-19-15)18-17(22)11-4-3-5-12(8-11)21(23)24/h3-9H,1-2H3,(H,18,20,22). The van der Waals surface area contributed by atoms with E-state index in [9.17, 15) is 14.9 Å². The summed E-state index contributed by atoms with van der Waals surface area (Å²) >= 11 is 0. The zero-order chi connectivity index (χ0) is 19.4. The third kappa shape index (κ3) is 3.68. The molecular weight excluding hydrogens is 356 g/mol. The zero-order valence-corrected chi connectivity index (χ0v) is 14.3. The molecule has 3 aromatic rings. The minimum atomic E-state index is -0.587. The second kappa shape index (κ2) is 7.52. The van der Waals surface area contributed by atoms with Gasteiger partial charge >= 0.3 is 0 Å². The molecule has 138 valence electrons. The maximum Gasteiger partial charge on any atom is 0.270 e. The number of aromatic nitrogens is 2. The van der Waals surface area contributed by atoms with Crippen LogP contribution in [0.25, 0.3) is 11.3 Å². The van der Waals surface area contributed by atoms with Crippen LogP contribution in [0.4, 0.5) is 11.5 Å². The highest BCUT2D eigenvalue weighted by atomic mass is 16.6. The molecule has 0 bridgehead atoms. The van der Waals surface area contributed by atoms with Crippen molar-refractivity contribution in [2.75, 3.05) is 19.5 Å². The number of hydrogen-bond acceptors (Lipinski definition) is 8. The first-order valence-electron chi connectivity index (χ1n) is 7.64. The molecule has 0 atom stereocenters. The summed E-state index contributed by atoms with van der Waals surface area (Å²) in [5.41, 5.74) is 0.754. The fourth-order valence-corrected chi connectivity index (χ4v) is 2.38. The van der Waals surface area contributed by atoms with E-state index in [1.54, 1.807) is 18.2 Å². The van der Waals surface area contributed by atoms with Gasteiger partial charge in [0.05, 0.1) is 19.1 Å². The lowest BCUT2D eigenvalue weighted by molar-refractivity contribution is -0.384. The molecule has 1 amide bonds. The summed E-state index contributed by atoms with van der Waals surface area (Å²) in [5.74, 6) is 0.476. The Balaban J connectivity index is 1.88. The lowest BCUT2D eigenvalue weighted by Gasteiger charge is -2.09. The average Bonchev–Trinajstić information content (AvgIpc) is 3.15. The number of rotatable bonds is 6. The number of hydrogen-bond donors (Lipinski definition) is 1. The molecule has 0 spiro atoms. The van der Waals surface area contributed by atoms with Gasteiger partial charge in [-0.15, -0.1) is 0 Å². The van der Waals surface area contributed by atoms with Crippen LogP contribution in [-0.4, -0.2) is 35.4 Å². The summed E-state index contributed by atoms with van der Waals surface area (Å²) < 4.78 is 15.2. The van der Waals surface area contributed by atoms with Crippen molar-refractivity contribution in [2.45, 2.75) is 0 Å². The van der Waals surface area contributed by atoms with Crippen LogP contribution in [0.1, 0.15) is 10.4 Å². The minimum absolute atomic E-state index is 0.0683. The largest absolute Gasteiger partial charge is 0.493 e. The molecule has 3 rings (SSSR count). The quantitative estimate of drug-likeness (QED) is 0.518. The number of nitrogens with one attached hydrogen (secondary N) is 1. The van der Waals surface area contributed by atoms with Crippen LogP contribution in [0.15, 0.2) is 47.1 Å². The van der Waals surface area contributed by atoms with Crippen LogP contribution in [0.3, 0.4) is 0 Å². The first-order chi connectivity index (χ1) is 13.0. The number of carbonyl (C=O) groups is 1. The van der Waals surface area contributed by atoms with Crippen molar-refractivity contribution in [3.05, 3.63) is 58.1 Å². The summed E-state index contributed by atoms with van der Waals surface area (Å²) in [6, 6.07) is 10.4. The molecule has 0 saturated heterocycles. The molecule has 10 nitrogen and oxygen atoms in total. The molecule has 27 heavy (non-hydrogen) atoms. The molecule has 0 aliphatic heterocycles. The molecule has 1 N–H and O–H groups in total. The van der Waals surface area contributed by atoms with Crippen LogP contribution in [0.2, 0.25) is 0 Å². The average molecular weight is 370 g/mol. The number of nitrogens with zero attached hydrogens (tertiary/aromatic N) is 3. The fraction of sp³-hybridized carbons (Fsp3) is 0.118. The first kappa shape index (κ1) is 17.9. The number of carbonyl (C=O) groups excluding carboxylic acids is 1. The third-order valence-electron chi connectivity index (χ3n) is 3.70. The Bertz CT molecular complexity index is 1000. The number of methoxy groups -OCH3 is 2. The van der Waals surface area contributed by atoms with Crippen molar-refractivity contribution in [1.29, 1.82) is 0 Å². The maximum absolute atomic E-state index is 12.4. The highest BCUT2D eigenvalue weighted by Gasteiger charge is 2.19. The van der Waals surface area contributed by atoms with Crippen LogP contribution in [-0.2, 0) is 0 Å². The Morgan fingerprint density at radius 2 is 1.89 bits per heavy atom. The number of ether oxygens (including phenoxy) is 2. The SMILES string of the molecule is COc1ccc(-c2nonc2NC(=O)c2cccc([N+](=O)[O-])c2)cc1OC. The summed E-state index contributed by atoms with van der Waals surface area (Å²) in [4.78, 5) is 22.7. The van der Waals surface area contributed by atoms with Gasteiger partial charge in [-0.2, -0.15) is 0 Å². The van der Waals surface area contributed by atoms with Gasteiger partial charge in [-0.1, -0.05) is 6.07 Å². The molecule has 10 heteroatoms. The van der Waals surface area contributed by atoms with Gasteiger partial charge in [-0.3, -0.25) is 14.9 Å². The Morgan fingerprint density at radius 3 is 2.59 bits per heavy atom. The topological polar surface area (TPSA) is 130 Å². The van der Waals surface area contributed by atoms with E-state index in [-0.39, 0.29) is 22.8 Å². The minimum Gasteiger partial charge on any atom is -0.493 e. The van der Waals surface area contributed by atoms with E-state index < -0.39 is 10.8 Å². The van der Waals surface area contributed by atoms with Gasteiger partial charge in [0.15, 0.2) is 17.2 Å². The molecule has 0 unspecified atom stereocenters. The molecule has 0 aliphatic carbocycles. The Hall–Kier alpha value is -3.95. The van der Waals surface area contributed by atoms with Crippen LogP contribution < -0.4 is 14.8 Å². The number of non-ortho nitro benzene ring substituents is 1. The first-order valence-corrected chi connectivity index (χ1v) is 7.64. The van der Waals surface area contributed by atoms with E-state index in [0.717, 1.165) is 0 Å². The molecule has 1 heterocycles. The van der Waals surface area contributed by atoms with Crippen molar-refractivity contribution in [3.63, 3.8) is 0 Å². The van der Waals surface area contributed by atoms with E-state index in [4.69, 9.17) is 14.1 Å². The number of benzene rings is 2. The Labute approximate surface area is 152 Å². The maximum atomic E-state index is 12.4. The van der Waals surface area contributed by atoms with Crippen molar-refractivity contribution >= 4 is 17.4 Å². The predicted octanol–water partition coefficient (Wildman–Crippen LogP) is 2.91. The highest BCUT2D eigenvalue weighted by molar-refractivity contribution is 6.05. The number of nitro groups is 1. The molecule has 2 aromatic carbocycles. The normalized spacial score (nSPS) is 10.3. The zero-order valence-electron chi connectivity index (χ0n) is 14.3. The van der Waals surface area contributed by atoms with Crippen molar-refractivity contribution in [3.8, 4) is 22.8 Å². The van der Waals surface area contributed by atoms with E-state index in [1.807, 2.05) is 0 Å². The second-order valence-electron chi connectivity index (χ2n) is 5.29. The van der Waals surface area contributed by atoms with Crippen molar-refractivity contribution in [1.82, 2.24) is 10.3 Å². The van der Waals surface area contributed by atoms with Gasteiger partial charge < -0.3 is 14.8 Å². The second-order valence-corrected chi connectivity index (χ2v) is 5.29. The molecular formula is C17H14N4O6. The summed E-state index contributed by atoms with van der Waals surface area (Å²) in [6.45, 7) is 0. The van der Waals surface area contributed by atoms with Crippen molar-refractivity contribution in [2.24, 2.45) is 0 Å². The fourth-order valence-electron chi connectivity index (χ4n) is 2.38. The summed E-state index contributed by atoms with van der Waals surface area (Å²) in [5, 5.41) is 20.9. The van der Waals surface area contributed by atoms with Gasteiger partial charge in [0.25, 0.3) is 11.6 Å².